The Morgan fingerprint density at radius 3 is 2.36 bits per heavy atom. The molecule has 36 heavy (non-hydrogen) atoms. The van der Waals surface area contributed by atoms with Gasteiger partial charge in [0, 0.05) is 36.3 Å². The highest BCUT2D eigenvalue weighted by atomic mass is 32.2. The molecule has 4 fully saturated rings. The number of nitrogens with zero attached hydrogens (tertiary/aromatic N) is 2. The summed E-state index contributed by atoms with van der Waals surface area (Å²) < 4.78 is 37.3. The Morgan fingerprint density at radius 1 is 1.22 bits per heavy atom. The van der Waals surface area contributed by atoms with Crippen LogP contribution in [0.25, 0.3) is 0 Å². The van der Waals surface area contributed by atoms with Crippen molar-refractivity contribution in [3.63, 3.8) is 0 Å². The van der Waals surface area contributed by atoms with Gasteiger partial charge in [-0.2, -0.15) is 0 Å². The third-order valence-electron chi connectivity index (χ3n) is 7.76. The highest BCUT2D eigenvalue weighted by Gasteiger charge is 2.49. The zero-order valence-electron chi connectivity index (χ0n) is 22.2. The zero-order chi connectivity index (χ0) is 26.3. The van der Waals surface area contributed by atoms with Crippen LogP contribution in [0, 0.1) is 29.1 Å². The predicted molar refractivity (Wildman–Crippen MR) is 141 cm³/mol. The number of thioether (sulfide) groups is 1. The van der Waals surface area contributed by atoms with Crippen LogP contribution in [0.1, 0.15) is 70.4 Å². The first-order valence-electron chi connectivity index (χ1n) is 13.1. The van der Waals surface area contributed by atoms with E-state index in [0.717, 1.165) is 11.8 Å². The summed E-state index contributed by atoms with van der Waals surface area (Å²) in [5, 5.41) is 7.61. The van der Waals surface area contributed by atoms with Crippen molar-refractivity contribution in [2.45, 2.75) is 76.0 Å². The maximum Gasteiger partial charge on any atom is 0.291 e. The van der Waals surface area contributed by atoms with E-state index >= 15 is 0 Å². The number of nitrogens with one attached hydrogen (secondary N) is 1. The van der Waals surface area contributed by atoms with Gasteiger partial charge in [-0.05, 0) is 60.9 Å². The van der Waals surface area contributed by atoms with Gasteiger partial charge in [-0.15, -0.1) is 11.8 Å². The molecular weight excluding hydrogens is 500 g/mol. The average Bonchev–Trinajstić information content (AvgIpc) is 3.15. The van der Waals surface area contributed by atoms with Gasteiger partial charge >= 0.3 is 0 Å². The van der Waals surface area contributed by atoms with Crippen LogP contribution in [-0.2, 0) is 10.0 Å². The molecule has 0 atom stereocenters. The molecule has 0 aliphatic heterocycles. The van der Waals surface area contributed by atoms with E-state index in [4.69, 9.17) is 15.0 Å². The molecule has 1 aromatic rings. The van der Waals surface area contributed by atoms with Crippen molar-refractivity contribution < 1.29 is 22.5 Å². The number of nitrogens with two attached hydrogens (primary N) is 1. The first-order chi connectivity index (χ1) is 16.9. The average molecular weight is 543 g/mol. The van der Waals surface area contributed by atoms with E-state index in [2.05, 4.69) is 10.5 Å². The van der Waals surface area contributed by atoms with Gasteiger partial charge in [-0.1, -0.05) is 27.7 Å². The number of carbonyl (C=O) groups is 1. The van der Waals surface area contributed by atoms with Gasteiger partial charge in [0.05, 0.1) is 12.9 Å². The lowest BCUT2D eigenvalue weighted by Gasteiger charge is -2.54. The van der Waals surface area contributed by atoms with E-state index in [1.807, 2.05) is 27.7 Å². The molecule has 4 aliphatic carbocycles. The second-order valence-electron chi connectivity index (χ2n) is 12.1. The Labute approximate surface area is 219 Å². The molecule has 4 bridgehead atoms. The van der Waals surface area contributed by atoms with E-state index < -0.39 is 15.4 Å². The highest BCUT2D eigenvalue weighted by Crippen LogP contribution is 2.53. The van der Waals surface area contributed by atoms with Crippen LogP contribution < -0.4 is 15.8 Å². The summed E-state index contributed by atoms with van der Waals surface area (Å²) in [6, 6.07) is 0.208. The summed E-state index contributed by atoms with van der Waals surface area (Å²) in [6.07, 6.45) is 7.44. The molecule has 3 N–H and O–H groups in total. The fraction of sp³-hybridized carbons (Fsp3) is 0.840. The van der Waals surface area contributed by atoms with Crippen molar-refractivity contribution in [3.8, 4) is 5.88 Å². The molecule has 0 aromatic carbocycles. The van der Waals surface area contributed by atoms with Crippen LogP contribution in [0.5, 0.6) is 5.88 Å². The first kappa shape index (κ1) is 27.7. The molecule has 9 nitrogen and oxygen atoms in total. The van der Waals surface area contributed by atoms with Gasteiger partial charge in [-0.25, -0.2) is 12.7 Å². The van der Waals surface area contributed by atoms with E-state index in [1.165, 1.54) is 54.4 Å². The molecule has 5 rings (SSSR count). The number of rotatable bonds is 12. The third-order valence-corrected chi connectivity index (χ3v) is 10.1. The van der Waals surface area contributed by atoms with Crippen molar-refractivity contribution >= 4 is 27.7 Å². The van der Waals surface area contributed by atoms with Gasteiger partial charge in [0.2, 0.25) is 15.8 Å². The first-order valence-corrected chi connectivity index (χ1v) is 15.8. The van der Waals surface area contributed by atoms with Crippen LogP contribution in [0.3, 0.4) is 0 Å². The molecule has 4 saturated carbocycles. The fourth-order valence-electron chi connectivity index (χ4n) is 6.51. The van der Waals surface area contributed by atoms with E-state index in [9.17, 15) is 13.2 Å². The van der Waals surface area contributed by atoms with Crippen LogP contribution in [0.4, 0.5) is 0 Å². The minimum absolute atomic E-state index is 0.192. The van der Waals surface area contributed by atoms with Gasteiger partial charge in [0.1, 0.15) is 4.90 Å². The number of ether oxygens (including phenoxy) is 1. The second kappa shape index (κ2) is 10.8. The normalized spacial score (nSPS) is 27.7. The third kappa shape index (κ3) is 6.39. The molecule has 0 saturated heterocycles. The molecule has 0 unspecified atom stereocenters. The van der Waals surface area contributed by atoms with Crippen LogP contribution in [-0.4, -0.2) is 67.6 Å². The molecule has 11 heteroatoms. The lowest BCUT2D eigenvalue weighted by atomic mass is 9.54. The van der Waals surface area contributed by atoms with Crippen molar-refractivity contribution in [2.24, 2.45) is 34.8 Å². The van der Waals surface area contributed by atoms with Gasteiger partial charge in [-0.3, -0.25) is 4.79 Å². The van der Waals surface area contributed by atoms with Crippen molar-refractivity contribution in [3.05, 3.63) is 5.76 Å². The largest absolute Gasteiger partial charge is 0.474 e. The Balaban J connectivity index is 1.45. The lowest BCUT2D eigenvalue weighted by Crippen LogP contribution is -2.55. The quantitative estimate of drug-likeness (QED) is 0.385. The summed E-state index contributed by atoms with van der Waals surface area (Å²) in [6.45, 7) is 8.89. The molecule has 1 heterocycles. The topological polar surface area (TPSA) is 128 Å². The smallest absolute Gasteiger partial charge is 0.291 e. The van der Waals surface area contributed by atoms with Crippen LogP contribution >= 0.6 is 11.8 Å². The number of aromatic nitrogens is 1. The van der Waals surface area contributed by atoms with Crippen molar-refractivity contribution in [1.29, 1.82) is 0 Å². The molecular formula is C25H42N4O5S2. The Bertz CT molecular complexity index is 1010. The SMILES string of the molecule is CC(C)Sc1c(OCC(C)(C)CN(CCN)S(C)(=O)=O)noc1C(=O)NC1C2CC3CC(C2)CC1C3. The summed E-state index contributed by atoms with van der Waals surface area (Å²) in [4.78, 5) is 14.0. The molecule has 1 amide bonds. The summed E-state index contributed by atoms with van der Waals surface area (Å²) in [7, 11) is -3.39. The van der Waals surface area contributed by atoms with Crippen LogP contribution in [0.2, 0.25) is 0 Å². The van der Waals surface area contributed by atoms with Gasteiger partial charge < -0.3 is 20.3 Å². The predicted octanol–water partition coefficient (Wildman–Crippen LogP) is 3.35. The van der Waals surface area contributed by atoms with Gasteiger partial charge in [0.25, 0.3) is 11.8 Å². The van der Waals surface area contributed by atoms with Crippen molar-refractivity contribution in [2.75, 3.05) is 32.5 Å². The second-order valence-corrected chi connectivity index (χ2v) is 15.6. The zero-order valence-corrected chi connectivity index (χ0v) is 23.8. The van der Waals surface area contributed by atoms with Crippen molar-refractivity contribution in [1.82, 2.24) is 14.8 Å². The molecule has 204 valence electrons. The number of sulfonamides is 1. The fourth-order valence-corrected chi connectivity index (χ4v) is 8.44. The molecule has 1 aromatic heterocycles. The number of hydrogen-bond acceptors (Lipinski definition) is 8. The summed E-state index contributed by atoms with van der Waals surface area (Å²) in [5.41, 5.74) is 5.10. The number of carbonyl (C=O) groups excluding carboxylic acids is 1. The minimum Gasteiger partial charge on any atom is -0.474 e. The van der Waals surface area contributed by atoms with E-state index in [-0.39, 0.29) is 55.1 Å². The molecule has 0 spiro atoms. The Kier molecular flexibility index (Phi) is 8.34. The monoisotopic (exact) mass is 542 g/mol. The summed E-state index contributed by atoms with van der Waals surface area (Å²) >= 11 is 1.49. The van der Waals surface area contributed by atoms with E-state index in [0.29, 0.717) is 16.7 Å². The lowest BCUT2D eigenvalue weighted by molar-refractivity contribution is -0.0124. The minimum atomic E-state index is -3.39. The maximum atomic E-state index is 13.4. The standard InChI is InChI=1S/C25H42N4O5S2/c1-15(2)35-22-21(23(30)27-20-18-9-16-8-17(11-18)12-19(20)10-16)34-28-24(22)33-14-25(3,4)13-29(7-6-26)36(5,31)32/h15-20H,6-14,26H2,1-5H3,(H,27,30). The molecule has 4 aliphatic rings. The van der Waals surface area contributed by atoms with Gasteiger partial charge in [0.15, 0.2) is 0 Å². The number of hydrogen-bond donors (Lipinski definition) is 2. The van der Waals surface area contributed by atoms with E-state index in [1.54, 1.807) is 0 Å². The Morgan fingerprint density at radius 2 is 1.83 bits per heavy atom. The number of amides is 1. The highest BCUT2D eigenvalue weighted by molar-refractivity contribution is 8.00. The maximum absolute atomic E-state index is 13.4. The molecule has 0 radical (unpaired) electrons. The van der Waals surface area contributed by atoms with Crippen LogP contribution in [0.15, 0.2) is 9.42 Å². The summed E-state index contributed by atoms with van der Waals surface area (Å²) in [5.74, 6) is 3.07. The Hall–Kier alpha value is -1.30.